The molecule has 0 aliphatic rings. The van der Waals surface area contributed by atoms with Gasteiger partial charge in [-0.1, -0.05) is 76.6 Å². The van der Waals surface area contributed by atoms with E-state index in [1.165, 1.54) is 60.4 Å². The summed E-state index contributed by atoms with van der Waals surface area (Å²) in [7, 11) is 0. The number of unbranched alkanes of at least 4 members (excludes halogenated alkanes) is 6. The molecule has 0 aliphatic carbocycles. The van der Waals surface area contributed by atoms with Gasteiger partial charge in [0.25, 0.3) is 0 Å². The Labute approximate surface area is 159 Å². The first-order valence-corrected chi connectivity index (χ1v) is 10.5. The van der Waals surface area contributed by atoms with Crippen LogP contribution in [0.2, 0.25) is 0 Å². The molecule has 0 fully saturated rings. The summed E-state index contributed by atoms with van der Waals surface area (Å²) in [6.07, 6.45) is 9.81. The first-order valence-electron chi connectivity index (χ1n) is 10.5. The van der Waals surface area contributed by atoms with Gasteiger partial charge in [-0.05, 0) is 37.8 Å². The molecule has 0 aromatic heterocycles. The normalized spacial score (nSPS) is 11.1. The molecule has 2 aromatic rings. The first kappa shape index (κ1) is 20.6. The highest BCUT2D eigenvalue weighted by molar-refractivity contribution is 5.95. The molecular formula is C24H36O2. The first-order chi connectivity index (χ1) is 12.7. The topological polar surface area (TPSA) is 18.5 Å². The molecule has 0 aliphatic heterocycles. The van der Waals surface area contributed by atoms with Gasteiger partial charge in [0, 0.05) is 10.8 Å². The van der Waals surface area contributed by atoms with E-state index in [1.807, 2.05) is 0 Å². The van der Waals surface area contributed by atoms with Crippen molar-refractivity contribution in [3.05, 3.63) is 35.4 Å². The van der Waals surface area contributed by atoms with E-state index in [4.69, 9.17) is 9.47 Å². The summed E-state index contributed by atoms with van der Waals surface area (Å²) in [5.74, 6) is 2.07. The average molecular weight is 357 g/mol. The Hall–Kier alpha value is -1.70. The number of benzene rings is 2. The molecule has 0 saturated carbocycles. The van der Waals surface area contributed by atoms with E-state index in [2.05, 4.69) is 52.0 Å². The van der Waals surface area contributed by atoms with E-state index >= 15 is 0 Å². The molecule has 2 nitrogen and oxygen atoms in total. The number of ether oxygens (including phenoxy) is 2. The lowest BCUT2D eigenvalue weighted by molar-refractivity contribution is 0.299. The van der Waals surface area contributed by atoms with Gasteiger partial charge in [-0.2, -0.15) is 0 Å². The maximum Gasteiger partial charge on any atom is 0.130 e. The van der Waals surface area contributed by atoms with Crippen molar-refractivity contribution in [2.24, 2.45) is 0 Å². The number of fused-ring (bicyclic) bond motifs is 1. The van der Waals surface area contributed by atoms with Crippen molar-refractivity contribution < 1.29 is 9.47 Å². The summed E-state index contributed by atoms with van der Waals surface area (Å²) in [6.45, 7) is 10.4. The Morgan fingerprint density at radius 2 is 1.04 bits per heavy atom. The third-order valence-corrected chi connectivity index (χ3v) is 5.15. The van der Waals surface area contributed by atoms with Gasteiger partial charge >= 0.3 is 0 Å². The van der Waals surface area contributed by atoms with Crippen molar-refractivity contribution in [3.63, 3.8) is 0 Å². The summed E-state index contributed by atoms with van der Waals surface area (Å²) in [6, 6.07) is 8.50. The molecule has 0 amide bonds. The third-order valence-electron chi connectivity index (χ3n) is 5.15. The lowest BCUT2D eigenvalue weighted by Crippen LogP contribution is -2.05. The highest BCUT2D eigenvalue weighted by atomic mass is 16.5. The second-order valence-electron chi connectivity index (χ2n) is 7.27. The Balaban J connectivity index is 2.18. The van der Waals surface area contributed by atoms with Crippen molar-refractivity contribution >= 4 is 10.8 Å². The minimum Gasteiger partial charge on any atom is -0.493 e. The van der Waals surface area contributed by atoms with Crippen LogP contribution in [-0.4, -0.2) is 13.2 Å². The Kier molecular flexibility index (Phi) is 8.80. The second kappa shape index (κ2) is 11.1. The van der Waals surface area contributed by atoms with Crippen LogP contribution >= 0.6 is 0 Å². The Morgan fingerprint density at radius 1 is 0.615 bits per heavy atom. The molecule has 2 heteroatoms. The number of rotatable bonds is 12. The van der Waals surface area contributed by atoms with Crippen LogP contribution in [0.1, 0.15) is 76.3 Å². The minimum atomic E-state index is 0.793. The number of hydrogen-bond donors (Lipinski definition) is 0. The highest BCUT2D eigenvalue weighted by Gasteiger charge is 2.16. The van der Waals surface area contributed by atoms with Crippen LogP contribution in [-0.2, 0) is 0 Å². The van der Waals surface area contributed by atoms with E-state index in [1.54, 1.807) is 0 Å². The minimum absolute atomic E-state index is 0.793. The molecule has 0 heterocycles. The second-order valence-corrected chi connectivity index (χ2v) is 7.27. The lowest BCUT2D eigenvalue weighted by atomic mass is 9.99. The third kappa shape index (κ3) is 5.40. The molecule has 2 rings (SSSR count). The smallest absolute Gasteiger partial charge is 0.130 e. The summed E-state index contributed by atoms with van der Waals surface area (Å²) in [5.41, 5.74) is 2.42. The molecule has 26 heavy (non-hydrogen) atoms. The maximum atomic E-state index is 6.23. The van der Waals surface area contributed by atoms with Crippen LogP contribution in [0.15, 0.2) is 24.3 Å². The monoisotopic (exact) mass is 356 g/mol. The summed E-state index contributed by atoms with van der Waals surface area (Å²) >= 11 is 0. The summed E-state index contributed by atoms with van der Waals surface area (Å²) < 4.78 is 12.5. The van der Waals surface area contributed by atoms with Crippen molar-refractivity contribution in [1.29, 1.82) is 0 Å². The molecule has 0 bridgehead atoms. The molecular weight excluding hydrogens is 320 g/mol. The van der Waals surface area contributed by atoms with Gasteiger partial charge in [-0.15, -0.1) is 0 Å². The molecule has 0 unspecified atom stereocenters. The SMILES string of the molecule is CCCCCCOc1c(C)c(C)c(OCCCCCC)c2ccccc12. The molecule has 0 atom stereocenters. The quantitative estimate of drug-likeness (QED) is 0.369. The van der Waals surface area contributed by atoms with Crippen LogP contribution in [0, 0.1) is 13.8 Å². The fraction of sp³-hybridized carbons (Fsp3) is 0.583. The van der Waals surface area contributed by atoms with Gasteiger partial charge in [0.15, 0.2) is 0 Å². The standard InChI is InChI=1S/C24H36O2/c1-5-7-9-13-17-25-23-19(3)20(4)24(26-18-14-10-8-6-2)22-16-12-11-15-21(22)23/h11-12,15-16H,5-10,13-14,17-18H2,1-4H3. The maximum absolute atomic E-state index is 6.23. The van der Waals surface area contributed by atoms with Gasteiger partial charge in [0.1, 0.15) is 11.5 Å². The van der Waals surface area contributed by atoms with Crippen LogP contribution in [0.3, 0.4) is 0 Å². The van der Waals surface area contributed by atoms with E-state index in [-0.39, 0.29) is 0 Å². The van der Waals surface area contributed by atoms with E-state index < -0.39 is 0 Å². The number of hydrogen-bond acceptors (Lipinski definition) is 2. The predicted molar refractivity (Wildman–Crippen MR) is 113 cm³/mol. The molecule has 0 spiro atoms. The largest absolute Gasteiger partial charge is 0.493 e. The van der Waals surface area contributed by atoms with Crippen LogP contribution in [0.4, 0.5) is 0 Å². The summed E-state index contributed by atoms with van der Waals surface area (Å²) in [5, 5.41) is 2.35. The summed E-state index contributed by atoms with van der Waals surface area (Å²) in [4.78, 5) is 0. The molecule has 0 N–H and O–H groups in total. The van der Waals surface area contributed by atoms with E-state index in [0.717, 1.165) is 37.6 Å². The van der Waals surface area contributed by atoms with Crippen LogP contribution in [0.5, 0.6) is 11.5 Å². The van der Waals surface area contributed by atoms with E-state index in [0.29, 0.717) is 0 Å². The van der Waals surface area contributed by atoms with Gasteiger partial charge in [-0.25, -0.2) is 0 Å². The van der Waals surface area contributed by atoms with Gasteiger partial charge in [-0.3, -0.25) is 0 Å². The molecule has 0 saturated heterocycles. The van der Waals surface area contributed by atoms with E-state index in [9.17, 15) is 0 Å². The van der Waals surface area contributed by atoms with Crippen LogP contribution < -0.4 is 9.47 Å². The lowest BCUT2D eigenvalue weighted by Gasteiger charge is -2.19. The van der Waals surface area contributed by atoms with Crippen molar-refractivity contribution in [2.45, 2.75) is 79.1 Å². The van der Waals surface area contributed by atoms with Gasteiger partial charge in [0.05, 0.1) is 13.2 Å². The zero-order valence-corrected chi connectivity index (χ0v) is 17.2. The molecule has 144 valence electrons. The molecule has 0 radical (unpaired) electrons. The zero-order valence-electron chi connectivity index (χ0n) is 17.2. The van der Waals surface area contributed by atoms with Crippen molar-refractivity contribution in [2.75, 3.05) is 13.2 Å². The van der Waals surface area contributed by atoms with Crippen LogP contribution in [0.25, 0.3) is 10.8 Å². The van der Waals surface area contributed by atoms with Crippen molar-refractivity contribution in [1.82, 2.24) is 0 Å². The van der Waals surface area contributed by atoms with Crippen molar-refractivity contribution in [3.8, 4) is 11.5 Å². The average Bonchev–Trinajstić information content (AvgIpc) is 2.66. The van der Waals surface area contributed by atoms with Gasteiger partial charge < -0.3 is 9.47 Å². The zero-order chi connectivity index (χ0) is 18.8. The fourth-order valence-electron chi connectivity index (χ4n) is 3.40. The highest BCUT2D eigenvalue weighted by Crippen LogP contribution is 2.40. The predicted octanol–water partition coefficient (Wildman–Crippen LogP) is 7.37. The Bertz CT molecular complexity index is 617. The molecule has 2 aromatic carbocycles. The Morgan fingerprint density at radius 3 is 1.42 bits per heavy atom. The fourth-order valence-corrected chi connectivity index (χ4v) is 3.40. The van der Waals surface area contributed by atoms with Gasteiger partial charge in [0.2, 0.25) is 0 Å².